The normalized spacial score (nSPS) is 19.8. The van der Waals surface area contributed by atoms with Crippen molar-refractivity contribution in [2.45, 2.75) is 44.6 Å². The Morgan fingerprint density at radius 2 is 2.12 bits per heavy atom. The largest absolute Gasteiger partial charge is 0.354 e. The Hall–Kier alpha value is -2.43. The number of pyridine rings is 1. The second-order valence-electron chi connectivity index (χ2n) is 6.94. The molecule has 0 spiro atoms. The summed E-state index contributed by atoms with van der Waals surface area (Å²) in [6.45, 7) is 1.34. The highest BCUT2D eigenvalue weighted by molar-refractivity contribution is 5.78. The summed E-state index contributed by atoms with van der Waals surface area (Å²) in [7, 11) is 0. The van der Waals surface area contributed by atoms with E-state index in [1.165, 1.54) is 18.5 Å². The summed E-state index contributed by atoms with van der Waals surface area (Å²) in [5.41, 5.74) is 3.10. The Morgan fingerprint density at radius 3 is 2.84 bits per heavy atom. The summed E-state index contributed by atoms with van der Waals surface area (Å²) in [6, 6.07) is 8.05. The van der Waals surface area contributed by atoms with Crippen LogP contribution >= 0.6 is 0 Å². The molecule has 0 saturated heterocycles. The number of hydrogen-bond donors (Lipinski definition) is 1. The molecular formula is C20H24N4O. The Kier molecular flexibility index (Phi) is 4.63. The molecule has 1 fully saturated rings. The van der Waals surface area contributed by atoms with Crippen molar-refractivity contribution in [3.8, 4) is 11.4 Å². The van der Waals surface area contributed by atoms with E-state index in [-0.39, 0.29) is 11.8 Å². The molecule has 2 aliphatic rings. The molecule has 2 aromatic rings. The SMILES string of the molecule is O=C(NCCn1nc(-c2ccccn2)cc1C1CC1)[C@@H]1CC=CCC1. The van der Waals surface area contributed by atoms with Gasteiger partial charge in [-0.2, -0.15) is 5.10 Å². The smallest absolute Gasteiger partial charge is 0.223 e. The molecule has 2 heterocycles. The molecule has 5 heteroatoms. The number of aromatic nitrogens is 3. The second-order valence-corrected chi connectivity index (χ2v) is 6.94. The van der Waals surface area contributed by atoms with Gasteiger partial charge in [0.2, 0.25) is 5.91 Å². The number of allylic oxidation sites excluding steroid dienone is 2. The topological polar surface area (TPSA) is 59.8 Å². The van der Waals surface area contributed by atoms with Crippen LogP contribution in [0.3, 0.4) is 0 Å². The second kappa shape index (κ2) is 7.21. The fourth-order valence-electron chi connectivity index (χ4n) is 3.42. The van der Waals surface area contributed by atoms with Gasteiger partial charge in [0, 0.05) is 30.3 Å². The average molecular weight is 336 g/mol. The predicted molar refractivity (Wildman–Crippen MR) is 96.9 cm³/mol. The van der Waals surface area contributed by atoms with Gasteiger partial charge in [-0.3, -0.25) is 14.5 Å². The lowest BCUT2D eigenvalue weighted by molar-refractivity contribution is -0.125. The van der Waals surface area contributed by atoms with Crippen LogP contribution in [0.2, 0.25) is 0 Å². The summed E-state index contributed by atoms with van der Waals surface area (Å²) in [6.07, 6.45) is 11.4. The van der Waals surface area contributed by atoms with Crippen LogP contribution in [-0.2, 0) is 11.3 Å². The van der Waals surface area contributed by atoms with Crippen LogP contribution in [0.4, 0.5) is 0 Å². The molecule has 1 atom stereocenters. The van der Waals surface area contributed by atoms with Gasteiger partial charge in [0.05, 0.1) is 12.2 Å². The van der Waals surface area contributed by atoms with Gasteiger partial charge in [-0.25, -0.2) is 0 Å². The highest BCUT2D eigenvalue weighted by atomic mass is 16.1. The molecule has 1 amide bonds. The minimum absolute atomic E-state index is 0.134. The van der Waals surface area contributed by atoms with Gasteiger partial charge in [0.15, 0.2) is 0 Å². The van der Waals surface area contributed by atoms with Crippen LogP contribution in [0.25, 0.3) is 11.4 Å². The lowest BCUT2D eigenvalue weighted by Crippen LogP contribution is -2.33. The number of rotatable bonds is 6. The summed E-state index contributed by atoms with van der Waals surface area (Å²) in [4.78, 5) is 16.7. The highest BCUT2D eigenvalue weighted by Gasteiger charge is 2.28. The van der Waals surface area contributed by atoms with Gasteiger partial charge in [-0.1, -0.05) is 18.2 Å². The summed E-state index contributed by atoms with van der Waals surface area (Å²) >= 11 is 0. The third-order valence-corrected chi connectivity index (χ3v) is 5.00. The van der Waals surface area contributed by atoms with Crippen molar-refractivity contribution in [2.75, 3.05) is 6.54 Å². The molecule has 4 rings (SSSR count). The zero-order valence-electron chi connectivity index (χ0n) is 14.4. The first kappa shape index (κ1) is 16.1. The van der Waals surface area contributed by atoms with Crippen molar-refractivity contribution < 1.29 is 4.79 Å². The Balaban J connectivity index is 1.40. The van der Waals surface area contributed by atoms with Crippen molar-refractivity contribution in [3.63, 3.8) is 0 Å². The van der Waals surface area contributed by atoms with Gasteiger partial charge in [0.25, 0.3) is 0 Å². The zero-order chi connectivity index (χ0) is 17.1. The van der Waals surface area contributed by atoms with E-state index >= 15 is 0 Å². The first-order chi connectivity index (χ1) is 12.3. The number of amides is 1. The van der Waals surface area contributed by atoms with E-state index in [1.54, 1.807) is 6.20 Å². The molecule has 0 aliphatic heterocycles. The van der Waals surface area contributed by atoms with Crippen molar-refractivity contribution in [2.24, 2.45) is 5.92 Å². The van der Waals surface area contributed by atoms with Crippen LogP contribution < -0.4 is 5.32 Å². The Bertz CT molecular complexity index is 761. The highest BCUT2D eigenvalue weighted by Crippen LogP contribution is 2.41. The lowest BCUT2D eigenvalue weighted by atomic mass is 9.94. The Labute approximate surface area is 148 Å². The predicted octanol–water partition coefficient (Wildman–Crippen LogP) is 3.30. The average Bonchev–Trinajstić information content (AvgIpc) is 3.43. The molecule has 5 nitrogen and oxygen atoms in total. The fraction of sp³-hybridized carbons (Fsp3) is 0.450. The third-order valence-electron chi connectivity index (χ3n) is 5.00. The minimum atomic E-state index is 0.134. The van der Waals surface area contributed by atoms with E-state index in [2.05, 4.69) is 33.2 Å². The number of nitrogens with zero attached hydrogens (tertiary/aromatic N) is 3. The number of hydrogen-bond acceptors (Lipinski definition) is 3. The molecule has 130 valence electrons. The molecule has 1 saturated carbocycles. The van der Waals surface area contributed by atoms with E-state index in [0.29, 0.717) is 19.0 Å². The molecule has 2 aliphatic carbocycles. The van der Waals surface area contributed by atoms with E-state index < -0.39 is 0 Å². The van der Waals surface area contributed by atoms with Gasteiger partial charge >= 0.3 is 0 Å². The first-order valence-corrected chi connectivity index (χ1v) is 9.23. The van der Waals surface area contributed by atoms with Crippen LogP contribution in [0, 0.1) is 5.92 Å². The van der Waals surface area contributed by atoms with Crippen LogP contribution in [-0.4, -0.2) is 27.2 Å². The van der Waals surface area contributed by atoms with Crippen LogP contribution in [0.15, 0.2) is 42.6 Å². The van der Waals surface area contributed by atoms with E-state index in [1.807, 2.05) is 18.2 Å². The summed E-state index contributed by atoms with van der Waals surface area (Å²) < 4.78 is 2.06. The lowest BCUT2D eigenvalue weighted by Gasteiger charge is -2.17. The molecule has 0 unspecified atom stereocenters. The maximum atomic E-state index is 12.3. The summed E-state index contributed by atoms with van der Waals surface area (Å²) in [5.74, 6) is 0.924. The monoisotopic (exact) mass is 336 g/mol. The fourth-order valence-corrected chi connectivity index (χ4v) is 3.42. The minimum Gasteiger partial charge on any atom is -0.354 e. The van der Waals surface area contributed by atoms with E-state index in [0.717, 1.165) is 30.7 Å². The quantitative estimate of drug-likeness (QED) is 0.824. The van der Waals surface area contributed by atoms with Gasteiger partial charge < -0.3 is 5.32 Å². The maximum absolute atomic E-state index is 12.3. The third kappa shape index (κ3) is 3.81. The van der Waals surface area contributed by atoms with E-state index in [4.69, 9.17) is 5.10 Å². The molecule has 1 N–H and O–H groups in total. The zero-order valence-corrected chi connectivity index (χ0v) is 14.4. The standard InChI is InChI=1S/C20H24N4O/c25-20(16-6-2-1-3-7-16)22-12-13-24-19(15-9-10-15)14-18(23-24)17-8-4-5-11-21-17/h1-2,4-5,8,11,14-16H,3,6-7,9-10,12-13H2,(H,22,25)/t16-/m1/s1. The molecule has 0 radical (unpaired) electrons. The summed E-state index contributed by atoms with van der Waals surface area (Å²) in [5, 5.41) is 7.83. The van der Waals surface area contributed by atoms with Crippen LogP contribution in [0.1, 0.15) is 43.7 Å². The number of carbonyl (C=O) groups is 1. The van der Waals surface area contributed by atoms with Crippen LogP contribution in [0.5, 0.6) is 0 Å². The first-order valence-electron chi connectivity index (χ1n) is 9.23. The van der Waals surface area contributed by atoms with Crippen molar-refractivity contribution in [1.82, 2.24) is 20.1 Å². The van der Waals surface area contributed by atoms with Crippen molar-refractivity contribution in [1.29, 1.82) is 0 Å². The number of carbonyl (C=O) groups excluding carboxylic acids is 1. The molecule has 0 aromatic carbocycles. The molecular weight excluding hydrogens is 312 g/mol. The van der Waals surface area contributed by atoms with Gasteiger partial charge in [-0.15, -0.1) is 0 Å². The van der Waals surface area contributed by atoms with Gasteiger partial charge in [0.1, 0.15) is 5.69 Å². The maximum Gasteiger partial charge on any atom is 0.223 e. The van der Waals surface area contributed by atoms with Crippen molar-refractivity contribution >= 4 is 5.91 Å². The van der Waals surface area contributed by atoms with E-state index in [9.17, 15) is 4.79 Å². The Morgan fingerprint density at radius 1 is 1.20 bits per heavy atom. The number of nitrogens with one attached hydrogen (secondary N) is 1. The van der Waals surface area contributed by atoms with Crippen molar-refractivity contribution in [3.05, 3.63) is 48.3 Å². The molecule has 0 bridgehead atoms. The van der Waals surface area contributed by atoms with Gasteiger partial charge in [-0.05, 0) is 50.3 Å². The molecule has 25 heavy (non-hydrogen) atoms. The molecule has 2 aromatic heterocycles.